The third kappa shape index (κ3) is 15.8. The van der Waals surface area contributed by atoms with E-state index in [1.54, 1.807) is 18.2 Å². The van der Waals surface area contributed by atoms with Crippen LogP contribution in [0, 0.1) is 0 Å². The van der Waals surface area contributed by atoms with Crippen molar-refractivity contribution in [2.24, 2.45) is 5.73 Å². The van der Waals surface area contributed by atoms with Crippen LogP contribution in [0.1, 0.15) is 0 Å². The highest BCUT2D eigenvalue weighted by Gasteiger charge is 2.36. The van der Waals surface area contributed by atoms with E-state index in [4.69, 9.17) is 57.8 Å². The summed E-state index contributed by atoms with van der Waals surface area (Å²) in [6, 6.07) is 4.96. The number of hydrogen-bond acceptors (Lipinski definition) is 14. The van der Waals surface area contributed by atoms with E-state index in [0.29, 0.717) is 96.5 Å². The molecule has 16 heteroatoms. The molecule has 4 N–H and O–H groups in total. The van der Waals surface area contributed by atoms with Crippen LogP contribution in [0.3, 0.4) is 0 Å². The fourth-order valence-electron chi connectivity index (χ4n) is 4.12. The zero-order valence-electron chi connectivity index (χ0n) is 26.4. The van der Waals surface area contributed by atoms with Crippen molar-refractivity contribution < 1.29 is 61.7 Å². The first-order chi connectivity index (χ1) is 22.7. The number of hydrogen-bond donors (Lipinski definition) is 3. The second kappa shape index (κ2) is 24.5. The molecule has 0 unspecified atom stereocenters. The second-order valence-electron chi connectivity index (χ2n) is 9.80. The fourth-order valence-corrected chi connectivity index (χ4v) is 4.12. The third-order valence-electron chi connectivity index (χ3n) is 6.33. The second-order valence-corrected chi connectivity index (χ2v) is 9.80. The number of carbonyl (C=O) groups excluding carboxylic acids is 2. The maximum Gasteiger partial charge on any atom is 0.256 e. The number of ether oxygens (including phenoxy) is 11. The predicted molar refractivity (Wildman–Crippen MR) is 163 cm³/mol. The first kappa shape index (κ1) is 37.8. The topological polar surface area (TPSA) is 186 Å². The van der Waals surface area contributed by atoms with E-state index >= 15 is 0 Å². The summed E-state index contributed by atoms with van der Waals surface area (Å²) in [5, 5.41) is 5.50. The van der Waals surface area contributed by atoms with Gasteiger partial charge in [-0.25, -0.2) is 0 Å². The van der Waals surface area contributed by atoms with Crippen LogP contribution >= 0.6 is 0 Å². The summed E-state index contributed by atoms with van der Waals surface area (Å²) in [6.07, 6.45) is -2.65. The number of amides is 2. The van der Waals surface area contributed by atoms with Gasteiger partial charge in [0.15, 0.2) is 23.7 Å². The van der Waals surface area contributed by atoms with Crippen LogP contribution < -0.4 is 25.8 Å². The van der Waals surface area contributed by atoms with Gasteiger partial charge >= 0.3 is 0 Å². The molecular formula is C30H49N3O13. The number of carbonyl (C=O) groups is 2. The van der Waals surface area contributed by atoms with Crippen LogP contribution in [-0.2, 0) is 52.2 Å². The molecule has 2 aliphatic rings. The van der Waals surface area contributed by atoms with Crippen molar-refractivity contribution in [3.8, 4) is 11.5 Å². The number of fused-ring (bicyclic) bond motifs is 1. The van der Waals surface area contributed by atoms with Crippen LogP contribution in [-0.4, -0.2) is 156 Å². The van der Waals surface area contributed by atoms with Crippen molar-refractivity contribution in [2.45, 2.75) is 12.2 Å². The van der Waals surface area contributed by atoms with Crippen LogP contribution in [0.15, 0.2) is 18.2 Å². The molecule has 2 aliphatic heterocycles. The zero-order chi connectivity index (χ0) is 32.5. The Labute approximate surface area is 269 Å². The van der Waals surface area contributed by atoms with Crippen molar-refractivity contribution in [1.82, 2.24) is 5.32 Å². The quantitative estimate of drug-likeness (QED) is 0.363. The van der Waals surface area contributed by atoms with E-state index in [1.165, 1.54) is 0 Å². The van der Waals surface area contributed by atoms with Crippen molar-refractivity contribution in [1.29, 1.82) is 0 Å². The summed E-state index contributed by atoms with van der Waals surface area (Å²) in [5.41, 5.74) is 5.98. The minimum Gasteiger partial charge on any atom is -0.487 e. The lowest BCUT2D eigenvalue weighted by Gasteiger charge is -2.26. The number of nitrogens with two attached hydrogens (primary N) is 1. The van der Waals surface area contributed by atoms with Crippen molar-refractivity contribution in [3.05, 3.63) is 18.2 Å². The fraction of sp³-hybridized carbons (Fsp3) is 0.733. The molecule has 2 atom stereocenters. The summed E-state index contributed by atoms with van der Waals surface area (Å²) in [6.45, 7) is 6.02. The molecule has 16 nitrogen and oxygen atoms in total. The van der Waals surface area contributed by atoms with Crippen LogP contribution in [0.5, 0.6) is 11.5 Å². The molecule has 2 amide bonds. The molecule has 0 bridgehead atoms. The monoisotopic (exact) mass is 659 g/mol. The zero-order valence-corrected chi connectivity index (χ0v) is 26.4. The average molecular weight is 660 g/mol. The van der Waals surface area contributed by atoms with Crippen LogP contribution in [0.25, 0.3) is 0 Å². The van der Waals surface area contributed by atoms with E-state index in [2.05, 4.69) is 10.6 Å². The molecule has 46 heavy (non-hydrogen) atoms. The highest BCUT2D eigenvalue weighted by atomic mass is 16.6. The number of rotatable bonds is 5. The van der Waals surface area contributed by atoms with Gasteiger partial charge in [-0.2, -0.15) is 0 Å². The lowest BCUT2D eigenvalue weighted by molar-refractivity contribution is -0.157. The van der Waals surface area contributed by atoms with Crippen LogP contribution in [0.4, 0.5) is 5.69 Å². The maximum atomic E-state index is 13.7. The molecule has 1 fully saturated rings. The number of anilines is 1. The van der Waals surface area contributed by atoms with Crippen LogP contribution in [0.2, 0.25) is 0 Å². The number of nitrogens with one attached hydrogen (secondary N) is 2. The average Bonchev–Trinajstić information content (AvgIpc) is 3.06. The Hall–Kier alpha value is -2.64. The molecule has 1 aromatic rings. The highest BCUT2D eigenvalue weighted by Crippen LogP contribution is 2.31. The minimum atomic E-state index is -1.35. The van der Waals surface area contributed by atoms with Gasteiger partial charge in [0, 0.05) is 24.8 Å². The standard InChI is InChI=1S/C30H49N3O13/c31-3-4-32-29(34)27-28(46-22-18-42-14-10-37-6-5-36-9-13-41-17-21-45-27)30(35)33-24-1-2-25-26(23-24)44-20-16-40-12-8-38-7-11-39-15-19-43-25/h1-2,23,27-28H,3-22,31H2,(H,32,34)(H,33,35)/t27-,28-/m1/s1. The summed E-state index contributed by atoms with van der Waals surface area (Å²) in [5.74, 6) is -0.311. The Morgan fingerprint density at radius 1 is 0.565 bits per heavy atom. The van der Waals surface area contributed by atoms with Gasteiger partial charge in [-0.3, -0.25) is 9.59 Å². The molecule has 262 valence electrons. The smallest absolute Gasteiger partial charge is 0.256 e. The molecule has 0 radical (unpaired) electrons. The van der Waals surface area contributed by atoms with E-state index < -0.39 is 24.0 Å². The lowest BCUT2D eigenvalue weighted by Crippen LogP contribution is -2.51. The van der Waals surface area contributed by atoms with Crippen molar-refractivity contribution >= 4 is 17.5 Å². The first-order valence-corrected chi connectivity index (χ1v) is 15.6. The van der Waals surface area contributed by atoms with E-state index in [0.717, 1.165) is 0 Å². The molecule has 3 rings (SSSR count). The van der Waals surface area contributed by atoms with E-state index in [1.807, 2.05) is 0 Å². The van der Waals surface area contributed by atoms with E-state index in [-0.39, 0.29) is 52.7 Å². The molecular weight excluding hydrogens is 610 g/mol. The van der Waals surface area contributed by atoms with Crippen molar-refractivity contribution in [3.63, 3.8) is 0 Å². The molecule has 0 aromatic heterocycles. The van der Waals surface area contributed by atoms with Gasteiger partial charge < -0.3 is 68.5 Å². The summed E-state index contributed by atoms with van der Waals surface area (Å²) >= 11 is 0. The first-order valence-electron chi connectivity index (χ1n) is 15.6. The normalized spacial score (nSPS) is 23.0. The van der Waals surface area contributed by atoms with Gasteiger partial charge in [0.1, 0.15) is 13.2 Å². The Balaban J connectivity index is 1.73. The summed E-state index contributed by atoms with van der Waals surface area (Å²) in [4.78, 5) is 26.9. The van der Waals surface area contributed by atoms with Gasteiger partial charge in [0.25, 0.3) is 11.8 Å². The molecule has 0 spiro atoms. The summed E-state index contributed by atoms with van der Waals surface area (Å²) in [7, 11) is 0. The van der Waals surface area contributed by atoms with Gasteiger partial charge in [0.2, 0.25) is 0 Å². The van der Waals surface area contributed by atoms with Crippen molar-refractivity contribution in [2.75, 3.05) is 137 Å². The minimum absolute atomic E-state index is 0.00990. The lowest BCUT2D eigenvalue weighted by atomic mass is 10.1. The Bertz CT molecular complexity index is 974. The molecule has 1 saturated heterocycles. The van der Waals surface area contributed by atoms with E-state index in [9.17, 15) is 9.59 Å². The van der Waals surface area contributed by atoms with Gasteiger partial charge in [0.05, 0.1) is 106 Å². The molecule has 0 saturated carbocycles. The highest BCUT2D eigenvalue weighted by molar-refractivity contribution is 5.99. The Morgan fingerprint density at radius 2 is 0.978 bits per heavy atom. The van der Waals surface area contributed by atoms with Gasteiger partial charge in [-0.05, 0) is 12.1 Å². The summed E-state index contributed by atoms with van der Waals surface area (Å²) < 4.78 is 62.1. The van der Waals surface area contributed by atoms with Gasteiger partial charge in [-0.15, -0.1) is 0 Å². The van der Waals surface area contributed by atoms with Gasteiger partial charge in [-0.1, -0.05) is 0 Å². The SMILES string of the molecule is NCCNC(=O)[C@@H]1OCCOCCOCCOCCOCCO[C@H]1C(=O)Nc1ccc2c(c1)OCCOCCOCCOCCO2. The maximum absolute atomic E-state index is 13.7. The molecule has 1 aromatic carbocycles. The Kier molecular flexibility index (Phi) is 20.2. The molecule has 0 aliphatic carbocycles. The predicted octanol–water partition coefficient (Wildman–Crippen LogP) is -0.629. The Morgan fingerprint density at radius 3 is 1.46 bits per heavy atom. The largest absolute Gasteiger partial charge is 0.487 e. The number of benzene rings is 1. The molecule has 2 heterocycles. The third-order valence-corrected chi connectivity index (χ3v) is 6.33.